The van der Waals surface area contributed by atoms with Crippen LogP contribution in [0.3, 0.4) is 0 Å². The van der Waals surface area contributed by atoms with Gasteiger partial charge < -0.3 is 24.3 Å². The van der Waals surface area contributed by atoms with Crippen molar-refractivity contribution in [3.63, 3.8) is 0 Å². The Balaban J connectivity index is 1.91. The fourth-order valence-electron chi connectivity index (χ4n) is 3.53. The van der Waals surface area contributed by atoms with Gasteiger partial charge in [0, 0.05) is 11.3 Å². The molecule has 0 amide bonds. The summed E-state index contributed by atoms with van der Waals surface area (Å²) in [4.78, 5) is 27.9. The van der Waals surface area contributed by atoms with Crippen molar-refractivity contribution in [3.05, 3.63) is 62.9 Å². The maximum Gasteiger partial charge on any atom is 0.306 e. The third-order valence-corrected chi connectivity index (χ3v) is 5.09. The van der Waals surface area contributed by atoms with Gasteiger partial charge in [0.2, 0.25) is 6.79 Å². The number of hydrogen-bond donors (Lipinski definition) is 2. The summed E-state index contributed by atoms with van der Waals surface area (Å²) in [6.45, 7) is 1.93. The third-order valence-electron chi connectivity index (χ3n) is 4.81. The van der Waals surface area contributed by atoms with Crippen molar-refractivity contribution in [1.82, 2.24) is 4.98 Å². The molecular weight excluding hydrogens is 398 g/mol. The van der Waals surface area contributed by atoms with Crippen LogP contribution in [0.25, 0.3) is 10.9 Å². The number of ether oxygens (including phenoxy) is 3. The molecule has 0 saturated heterocycles. The molecule has 2 aromatic carbocycles. The molecule has 7 nitrogen and oxygen atoms in total. The molecule has 3 aromatic rings. The van der Waals surface area contributed by atoms with Crippen LogP contribution in [-0.4, -0.2) is 29.5 Å². The zero-order chi connectivity index (χ0) is 20.5. The molecule has 0 saturated carbocycles. The Hall–Kier alpha value is -3.19. The number of esters is 1. The van der Waals surface area contributed by atoms with E-state index in [4.69, 9.17) is 25.8 Å². The van der Waals surface area contributed by atoms with Crippen molar-refractivity contribution in [2.75, 3.05) is 13.4 Å². The van der Waals surface area contributed by atoms with Crippen molar-refractivity contribution in [2.24, 2.45) is 0 Å². The Morgan fingerprint density at radius 2 is 2.10 bits per heavy atom. The SMILES string of the molecule is CCOC(=O)CC(c1cc(Cl)c2c(c1)OCO2)c1c(O)c2ccccc2[nH]c1=O. The van der Waals surface area contributed by atoms with Crippen LogP contribution >= 0.6 is 11.6 Å². The summed E-state index contributed by atoms with van der Waals surface area (Å²) in [5.74, 6) is -0.667. The summed E-state index contributed by atoms with van der Waals surface area (Å²) in [5, 5.41) is 11.7. The van der Waals surface area contributed by atoms with Crippen molar-refractivity contribution in [2.45, 2.75) is 19.3 Å². The molecule has 1 atom stereocenters. The number of carbonyl (C=O) groups is 1. The van der Waals surface area contributed by atoms with E-state index in [1.807, 2.05) is 0 Å². The molecular formula is C21H18ClNO6. The van der Waals surface area contributed by atoms with Gasteiger partial charge in [-0.15, -0.1) is 0 Å². The second-order valence-electron chi connectivity index (χ2n) is 6.56. The molecule has 1 aromatic heterocycles. The van der Waals surface area contributed by atoms with Gasteiger partial charge in [0.1, 0.15) is 5.75 Å². The normalized spacial score (nSPS) is 13.4. The van der Waals surface area contributed by atoms with Gasteiger partial charge in [0.05, 0.1) is 29.1 Å². The molecule has 1 unspecified atom stereocenters. The molecule has 150 valence electrons. The smallest absolute Gasteiger partial charge is 0.306 e. The Bertz CT molecular complexity index is 1160. The highest BCUT2D eigenvalue weighted by atomic mass is 35.5. The molecule has 4 rings (SSSR count). The number of hydrogen-bond acceptors (Lipinski definition) is 6. The van der Waals surface area contributed by atoms with E-state index in [1.54, 1.807) is 43.3 Å². The van der Waals surface area contributed by atoms with Crippen molar-refractivity contribution in [1.29, 1.82) is 0 Å². The van der Waals surface area contributed by atoms with Crippen molar-refractivity contribution >= 4 is 28.5 Å². The number of nitrogens with one attached hydrogen (secondary N) is 1. The molecule has 0 aliphatic carbocycles. The number of aromatic amines is 1. The number of fused-ring (bicyclic) bond motifs is 2. The fourth-order valence-corrected chi connectivity index (χ4v) is 3.80. The Kier molecular flexibility index (Phi) is 5.07. The van der Waals surface area contributed by atoms with Crippen LogP contribution in [0, 0.1) is 0 Å². The molecule has 0 fully saturated rings. The Morgan fingerprint density at radius 1 is 1.31 bits per heavy atom. The molecule has 0 radical (unpaired) electrons. The van der Waals surface area contributed by atoms with Gasteiger partial charge in [-0.1, -0.05) is 23.7 Å². The molecule has 0 bridgehead atoms. The number of H-pyrrole nitrogens is 1. The van der Waals surface area contributed by atoms with Gasteiger partial charge in [-0.3, -0.25) is 9.59 Å². The van der Waals surface area contributed by atoms with Crippen LogP contribution in [0.2, 0.25) is 5.02 Å². The van der Waals surface area contributed by atoms with E-state index >= 15 is 0 Å². The summed E-state index contributed by atoms with van der Waals surface area (Å²) >= 11 is 6.31. The topological polar surface area (TPSA) is 97.8 Å². The standard InChI is InChI=1S/C21H18ClNO6/c1-2-27-17(24)9-13(11-7-14(22)20-16(8-11)28-10-29-20)18-19(25)12-5-3-4-6-15(12)23-21(18)26/h3-8,13H,2,9-10H2,1H3,(H2,23,25,26). The third kappa shape index (κ3) is 3.49. The first-order valence-electron chi connectivity index (χ1n) is 9.08. The number of carbonyl (C=O) groups excluding carboxylic acids is 1. The monoisotopic (exact) mass is 415 g/mol. The predicted octanol–water partition coefficient (Wildman–Crippen LogP) is 3.70. The largest absolute Gasteiger partial charge is 0.507 e. The van der Waals surface area contributed by atoms with Gasteiger partial charge in [0.25, 0.3) is 5.56 Å². The van der Waals surface area contributed by atoms with E-state index in [0.717, 1.165) is 0 Å². The number of rotatable bonds is 5. The van der Waals surface area contributed by atoms with Crippen LogP contribution in [-0.2, 0) is 9.53 Å². The zero-order valence-electron chi connectivity index (χ0n) is 15.5. The number of halogens is 1. The highest BCUT2D eigenvalue weighted by Gasteiger charge is 2.29. The minimum atomic E-state index is -0.797. The molecule has 8 heteroatoms. The van der Waals surface area contributed by atoms with Gasteiger partial charge in [-0.25, -0.2) is 0 Å². The van der Waals surface area contributed by atoms with Crippen LogP contribution in [0.5, 0.6) is 17.2 Å². The predicted molar refractivity (Wildman–Crippen MR) is 107 cm³/mol. The molecule has 0 spiro atoms. The Labute approximate surface area is 170 Å². The molecule has 1 aliphatic heterocycles. The van der Waals surface area contributed by atoms with Gasteiger partial charge >= 0.3 is 5.97 Å². The first kappa shape index (κ1) is 19.1. The van der Waals surface area contributed by atoms with E-state index < -0.39 is 17.4 Å². The highest BCUT2D eigenvalue weighted by Crippen LogP contribution is 2.44. The lowest BCUT2D eigenvalue weighted by Crippen LogP contribution is -2.21. The molecule has 2 heterocycles. The maximum absolute atomic E-state index is 12.9. The van der Waals surface area contributed by atoms with E-state index in [-0.39, 0.29) is 31.1 Å². The molecule has 2 N–H and O–H groups in total. The van der Waals surface area contributed by atoms with Crippen molar-refractivity contribution < 1.29 is 24.1 Å². The van der Waals surface area contributed by atoms with E-state index in [9.17, 15) is 14.7 Å². The lowest BCUT2D eigenvalue weighted by molar-refractivity contribution is -0.143. The summed E-state index contributed by atoms with van der Waals surface area (Å²) in [6.07, 6.45) is -0.154. The van der Waals surface area contributed by atoms with Gasteiger partial charge in [-0.2, -0.15) is 0 Å². The van der Waals surface area contributed by atoms with Crippen LogP contribution in [0.1, 0.15) is 30.4 Å². The average Bonchev–Trinajstić information content (AvgIpc) is 3.17. The van der Waals surface area contributed by atoms with Crippen molar-refractivity contribution in [3.8, 4) is 17.2 Å². The first-order valence-corrected chi connectivity index (χ1v) is 9.46. The number of aromatic nitrogens is 1. The lowest BCUT2D eigenvalue weighted by Gasteiger charge is -2.19. The maximum atomic E-state index is 12.9. The van der Waals surface area contributed by atoms with E-state index in [0.29, 0.717) is 33.0 Å². The summed E-state index contributed by atoms with van der Waals surface area (Å²) in [7, 11) is 0. The molecule has 29 heavy (non-hydrogen) atoms. The second kappa shape index (κ2) is 7.67. The molecule has 1 aliphatic rings. The quantitative estimate of drug-likeness (QED) is 0.616. The number of benzene rings is 2. The number of aromatic hydroxyl groups is 1. The highest BCUT2D eigenvalue weighted by molar-refractivity contribution is 6.32. The van der Waals surface area contributed by atoms with E-state index in [2.05, 4.69) is 4.98 Å². The van der Waals surface area contributed by atoms with Gasteiger partial charge in [-0.05, 0) is 36.8 Å². The van der Waals surface area contributed by atoms with Crippen LogP contribution in [0.15, 0.2) is 41.2 Å². The Morgan fingerprint density at radius 3 is 2.90 bits per heavy atom. The first-order chi connectivity index (χ1) is 14.0. The number of para-hydroxylation sites is 1. The summed E-state index contributed by atoms with van der Waals surface area (Å²) < 4.78 is 15.8. The fraction of sp³-hybridized carbons (Fsp3) is 0.238. The average molecular weight is 416 g/mol. The minimum absolute atomic E-state index is 0.0306. The summed E-state index contributed by atoms with van der Waals surface area (Å²) in [5.41, 5.74) is 0.594. The van der Waals surface area contributed by atoms with Crippen LogP contribution in [0.4, 0.5) is 0 Å². The zero-order valence-corrected chi connectivity index (χ0v) is 16.3. The summed E-state index contributed by atoms with van der Waals surface area (Å²) in [6, 6.07) is 10.2. The van der Waals surface area contributed by atoms with Gasteiger partial charge in [0.15, 0.2) is 11.5 Å². The second-order valence-corrected chi connectivity index (χ2v) is 6.97. The number of pyridine rings is 1. The lowest BCUT2D eigenvalue weighted by atomic mass is 9.87. The van der Waals surface area contributed by atoms with Crippen LogP contribution < -0.4 is 15.0 Å². The van der Waals surface area contributed by atoms with E-state index in [1.165, 1.54) is 0 Å². The minimum Gasteiger partial charge on any atom is -0.507 e.